The van der Waals surface area contributed by atoms with Gasteiger partial charge in [-0.3, -0.25) is 4.79 Å². The highest BCUT2D eigenvalue weighted by molar-refractivity contribution is 5.96. The van der Waals surface area contributed by atoms with Gasteiger partial charge in [0.1, 0.15) is 0 Å². The van der Waals surface area contributed by atoms with Crippen molar-refractivity contribution in [3.63, 3.8) is 0 Å². The van der Waals surface area contributed by atoms with Gasteiger partial charge in [0.15, 0.2) is 0 Å². The molecule has 1 aliphatic heterocycles. The molecule has 122 valence electrons. The van der Waals surface area contributed by atoms with Crippen molar-refractivity contribution in [2.24, 2.45) is 5.92 Å². The SMILES string of the molecule is CN(C[C@@H]1CCN(c2ccccc2)C1)C(=O)c1ccccc1C#N. The second-order valence-electron chi connectivity index (χ2n) is 6.28. The molecule has 0 bridgehead atoms. The summed E-state index contributed by atoms with van der Waals surface area (Å²) in [6.45, 7) is 2.69. The highest BCUT2D eigenvalue weighted by atomic mass is 16.2. The lowest BCUT2D eigenvalue weighted by atomic mass is 10.1. The van der Waals surface area contributed by atoms with Gasteiger partial charge in [-0.2, -0.15) is 5.26 Å². The number of rotatable bonds is 4. The molecule has 1 atom stereocenters. The molecule has 0 aliphatic carbocycles. The fourth-order valence-corrected chi connectivity index (χ4v) is 3.30. The fourth-order valence-electron chi connectivity index (χ4n) is 3.30. The minimum Gasteiger partial charge on any atom is -0.371 e. The number of anilines is 1. The Morgan fingerprint density at radius 3 is 2.67 bits per heavy atom. The minimum absolute atomic E-state index is 0.0784. The summed E-state index contributed by atoms with van der Waals surface area (Å²) in [7, 11) is 1.82. The molecule has 0 spiro atoms. The van der Waals surface area contributed by atoms with Crippen LogP contribution in [-0.4, -0.2) is 37.5 Å². The number of benzene rings is 2. The van der Waals surface area contributed by atoms with E-state index in [1.807, 2.05) is 13.1 Å². The summed E-state index contributed by atoms with van der Waals surface area (Å²) in [5.41, 5.74) is 2.16. The first-order valence-electron chi connectivity index (χ1n) is 8.23. The van der Waals surface area contributed by atoms with Crippen LogP contribution in [0.15, 0.2) is 54.6 Å². The summed E-state index contributed by atoms with van der Waals surface area (Å²) in [5.74, 6) is 0.374. The predicted octanol–water partition coefficient (Wildman–Crippen LogP) is 3.16. The Hall–Kier alpha value is -2.80. The van der Waals surface area contributed by atoms with E-state index in [0.717, 1.165) is 19.5 Å². The van der Waals surface area contributed by atoms with Crippen LogP contribution < -0.4 is 4.90 Å². The number of nitriles is 1. The van der Waals surface area contributed by atoms with Crippen molar-refractivity contribution in [1.82, 2.24) is 4.90 Å². The predicted molar refractivity (Wildman–Crippen MR) is 94.9 cm³/mol. The highest BCUT2D eigenvalue weighted by Gasteiger charge is 2.26. The van der Waals surface area contributed by atoms with Gasteiger partial charge in [-0.1, -0.05) is 30.3 Å². The zero-order chi connectivity index (χ0) is 16.9. The lowest BCUT2D eigenvalue weighted by Gasteiger charge is -2.23. The molecule has 0 unspecified atom stereocenters. The van der Waals surface area contributed by atoms with E-state index < -0.39 is 0 Å². The van der Waals surface area contributed by atoms with Crippen LogP contribution in [0.5, 0.6) is 0 Å². The number of hydrogen-bond acceptors (Lipinski definition) is 3. The van der Waals surface area contributed by atoms with Crippen LogP contribution in [0.2, 0.25) is 0 Å². The first kappa shape index (κ1) is 16.1. The van der Waals surface area contributed by atoms with Crippen LogP contribution in [0.3, 0.4) is 0 Å². The van der Waals surface area contributed by atoms with Gasteiger partial charge >= 0.3 is 0 Å². The van der Waals surface area contributed by atoms with Crippen molar-refractivity contribution in [2.75, 3.05) is 31.6 Å². The summed E-state index contributed by atoms with van der Waals surface area (Å²) in [6.07, 6.45) is 1.08. The molecule has 1 amide bonds. The van der Waals surface area contributed by atoms with Crippen LogP contribution in [0.1, 0.15) is 22.3 Å². The Kier molecular flexibility index (Phi) is 4.81. The molecular formula is C20H21N3O. The Morgan fingerprint density at radius 2 is 1.92 bits per heavy atom. The van der Waals surface area contributed by atoms with E-state index in [2.05, 4.69) is 35.2 Å². The molecule has 1 heterocycles. The summed E-state index contributed by atoms with van der Waals surface area (Å²) < 4.78 is 0. The van der Waals surface area contributed by atoms with E-state index in [4.69, 9.17) is 5.26 Å². The Morgan fingerprint density at radius 1 is 1.21 bits per heavy atom. The fraction of sp³-hybridized carbons (Fsp3) is 0.300. The van der Waals surface area contributed by atoms with Crippen molar-refractivity contribution < 1.29 is 4.79 Å². The molecule has 0 saturated carbocycles. The van der Waals surface area contributed by atoms with Crippen molar-refractivity contribution in [1.29, 1.82) is 5.26 Å². The lowest BCUT2D eigenvalue weighted by molar-refractivity contribution is 0.0776. The summed E-state index contributed by atoms with van der Waals surface area (Å²) in [4.78, 5) is 16.7. The van der Waals surface area contributed by atoms with Gasteiger partial charge in [-0.05, 0) is 36.6 Å². The first-order chi connectivity index (χ1) is 11.7. The minimum atomic E-state index is -0.0784. The summed E-state index contributed by atoms with van der Waals surface area (Å²) >= 11 is 0. The van der Waals surface area contributed by atoms with Crippen molar-refractivity contribution in [3.8, 4) is 6.07 Å². The molecule has 4 heteroatoms. The molecule has 1 saturated heterocycles. The van der Waals surface area contributed by atoms with E-state index in [0.29, 0.717) is 23.6 Å². The smallest absolute Gasteiger partial charge is 0.254 e. The van der Waals surface area contributed by atoms with Crippen LogP contribution in [0.4, 0.5) is 5.69 Å². The zero-order valence-corrected chi connectivity index (χ0v) is 13.9. The second-order valence-corrected chi connectivity index (χ2v) is 6.28. The quantitative estimate of drug-likeness (QED) is 0.870. The van der Waals surface area contributed by atoms with E-state index >= 15 is 0 Å². The third-order valence-corrected chi connectivity index (χ3v) is 4.56. The molecule has 0 N–H and O–H groups in total. The largest absolute Gasteiger partial charge is 0.371 e. The van der Waals surface area contributed by atoms with Crippen LogP contribution in [0.25, 0.3) is 0 Å². The Bertz CT molecular complexity index is 751. The zero-order valence-electron chi connectivity index (χ0n) is 13.9. The molecule has 2 aromatic carbocycles. The van der Waals surface area contributed by atoms with Crippen LogP contribution in [-0.2, 0) is 0 Å². The van der Waals surface area contributed by atoms with Gasteiger partial charge in [0, 0.05) is 32.4 Å². The highest BCUT2D eigenvalue weighted by Crippen LogP contribution is 2.24. The average molecular weight is 319 g/mol. The van der Waals surface area contributed by atoms with E-state index in [1.54, 1.807) is 29.2 Å². The molecule has 1 fully saturated rings. The van der Waals surface area contributed by atoms with Gasteiger partial charge in [0.2, 0.25) is 0 Å². The summed E-state index contributed by atoms with van der Waals surface area (Å²) in [6, 6.07) is 19.5. The topological polar surface area (TPSA) is 47.3 Å². The standard InChI is InChI=1S/C20H21N3O/c1-22(20(24)19-10-6-5-7-17(19)13-21)14-16-11-12-23(15-16)18-8-3-2-4-9-18/h2-10,16H,11-12,14-15H2,1H3/t16-/m0/s1. The maximum Gasteiger partial charge on any atom is 0.254 e. The molecule has 24 heavy (non-hydrogen) atoms. The maximum absolute atomic E-state index is 12.6. The van der Waals surface area contributed by atoms with Crippen LogP contribution >= 0.6 is 0 Å². The van der Waals surface area contributed by atoms with E-state index in [1.165, 1.54) is 5.69 Å². The normalized spacial score (nSPS) is 16.7. The monoisotopic (exact) mass is 319 g/mol. The first-order valence-corrected chi connectivity index (χ1v) is 8.23. The molecule has 0 aromatic heterocycles. The number of carbonyl (C=O) groups is 1. The number of para-hydroxylation sites is 1. The molecule has 3 rings (SSSR count). The number of nitrogens with zero attached hydrogens (tertiary/aromatic N) is 3. The van der Waals surface area contributed by atoms with E-state index in [-0.39, 0.29) is 5.91 Å². The maximum atomic E-state index is 12.6. The lowest BCUT2D eigenvalue weighted by Crippen LogP contribution is -2.33. The molecule has 0 radical (unpaired) electrons. The van der Waals surface area contributed by atoms with Gasteiger partial charge in [-0.15, -0.1) is 0 Å². The van der Waals surface area contributed by atoms with Crippen LogP contribution in [0, 0.1) is 17.2 Å². The number of hydrogen-bond donors (Lipinski definition) is 0. The average Bonchev–Trinajstić information content (AvgIpc) is 3.10. The number of carbonyl (C=O) groups excluding carboxylic acids is 1. The molecular weight excluding hydrogens is 298 g/mol. The third-order valence-electron chi connectivity index (χ3n) is 4.56. The summed E-state index contributed by atoms with van der Waals surface area (Å²) in [5, 5.41) is 9.17. The number of amides is 1. The van der Waals surface area contributed by atoms with Gasteiger partial charge in [0.25, 0.3) is 5.91 Å². The van der Waals surface area contributed by atoms with Crippen molar-refractivity contribution in [3.05, 3.63) is 65.7 Å². The van der Waals surface area contributed by atoms with Crippen molar-refractivity contribution in [2.45, 2.75) is 6.42 Å². The molecule has 1 aliphatic rings. The van der Waals surface area contributed by atoms with Gasteiger partial charge in [0.05, 0.1) is 17.2 Å². The van der Waals surface area contributed by atoms with Gasteiger partial charge in [-0.25, -0.2) is 0 Å². The second kappa shape index (κ2) is 7.18. The van der Waals surface area contributed by atoms with Crippen molar-refractivity contribution >= 4 is 11.6 Å². The molecule has 4 nitrogen and oxygen atoms in total. The Labute approximate surface area is 142 Å². The molecule has 2 aromatic rings. The Balaban J connectivity index is 1.62. The van der Waals surface area contributed by atoms with E-state index in [9.17, 15) is 4.79 Å². The third kappa shape index (κ3) is 3.41. The van der Waals surface area contributed by atoms with Gasteiger partial charge < -0.3 is 9.80 Å².